The van der Waals surface area contributed by atoms with E-state index in [0.29, 0.717) is 12.6 Å². The van der Waals surface area contributed by atoms with E-state index in [1.165, 1.54) is 12.8 Å². The molecule has 1 saturated carbocycles. The fourth-order valence-corrected chi connectivity index (χ4v) is 2.06. The van der Waals surface area contributed by atoms with E-state index < -0.39 is 0 Å². The molecule has 0 aliphatic heterocycles. The van der Waals surface area contributed by atoms with Crippen LogP contribution in [0.5, 0.6) is 0 Å². The Morgan fingerprint density at radius 1 is 1.44 bits per heavy atom. The highest BCUT2D eigenvalue weighted by atomic mass is 16.2. The molecule has 0 bridgehead atoms. The lowest BCUT2D eigenvalue weighted by molar-refractivity contribution is -0.137. The Morgan fingerprint density at radius 3 is 2.44 bits per heavy atom. The van der Waals surface area contributed by atoms with Crippen molar-refractivity contribution in [1.82, 2.24) is 4.90 Å². The minimum Gasteiger partial charge on any atom is -0.340 e. The first-order valence-corrected chi connectivity index (χ1v) is 6.60. The molecule has 1 aliphatic rings. The second-order valence-corrected chi connectivity index (χ2v) is 5.25. The van der Waals surface area contributed by atoms with E-state index in [4.69, 9.17) is 5.73 Å². The van der Waals surface area contributed by atoms with Crippen LogP contribution >= 0.6 is 0 Å². The van der Waals surface area contributed by atoms with Crippen molar-refractivity contribution < 1.29 is 4.79 Å². The second-order valence-electron chi connectivity index (χ2n) is 5.25. The molecule has 16 heavy (non-hydrogen) atoms. The van der Waals surface area contributed by atoms with Crippen LogP contribution in [0.25, 0.3) is 0 Å². The van der Waals surface area contributed by atoms with Gasteiger partial charge in [-0.05, 0) is 39.0 Å². The number of nitrogens with two attached hydrogens (primary N) is 1. The normalized spacial score (nSPS) is 17.6. The largest absolute Gasteiger partial charge is 0.340 e. The van der Waals surface area contributed by atoms with Gasteiger partial charge in [-0.25, -0.2) is 0 Å². The average molecular weight is 226 g/mol. The van der Waals surface area contributed by atoms with E-state index in [0.717, 1.165) is 25.3 Å². The summed E-state index contributed by atoms with van der Waals surface area (Å²) in [4.78, 5) is 14.3. The molecule has 1 amide bonds. The second kappa shape index (κ2) is 6.24. The van der Waals surface area contributed by atoms with E-state index in [2.05, 4.69) is 20.8 Å². The summed E-state index contributed by atoms with van der Waals surface area (Å²) in [6, 6.07) is 0.305. The van der Waals surface area contributed by atoms with Crippen LogP contribution in [0.3, 0.4) is 0 Å². The van der Waals surface area contributed by atoms with Crippen molar-refractivity contribution in [3.8, 4) is 0 Å². The molecular formula is C13H26N2O. The summed E-state index contributed by atoms with van der Waals surface area (Å²) in [5.41, 5.74) is 5.70. The summed E-state index contributed by atoms with van der Waals surface area (Å²) in [5.74, 6) is 1.06. The minimum absolute atomic E-state index is 0.0335. The SMILES string of the molecule is CCCC(CN)C(=O)N(CC1CC1)C(C)C. The van der Waals surface area contributed by atoms with Gasteiger partial charge in [-0.1, -0.05) is 13.3 Å². The lowest BCUT2D eigenvalue weighted by atomic mass is 10.0. The molecule has 3 nitrogen and oxygen atoms in total. The van der Waals surface area contributed by atoms with Gasteiger partial charge in [-0.15, -0.1) is 0 Å². The summed E-state index contributed by atoms with van der Waals surface area (Å²) < 4.78 is 0. The van der Waals surface area contributed by atoms with Crippen LogP contribution in [0.1, 0.15) is 46.5 Å². The van der Waals surface area contributed by atoms with Gasteiger partial charge in [0.05, 0.1) is 5.92 Å². The Kier molecular flexibility index (Phi) is 5.26. The third-order valence-electron chi connectivity index (χ3n) is 3.33. The lowest BCUT2D eigenvalue weighted by Gasteiger charge is -2.30. The monoisotopic (exact) mass is 226 g/mol. The molecule has 94 valence electrons. The van der Waals surface area contributed by atoms with E-state index in [1.54, 1.807) is 0 Å². The number of rotatable bonds is 7. The van der Waals surface area contributed by atoms with Gasteiger partial charge in [-0.2, -0.15) is 0 Å². The third kappa shape index (κ3) is 3.78. The van der Waals surface area contributed by atoms with Crippen LogP contribution in [0.2, 0.25) is 0 Å². The summed E-state index contributed by atoms with van der Waals surface area (Å²) >= 11 is 0. The molecule has 0 aromatic heterocycles. The van der Waals surface area contributed by atoms with Crippen molar-refractivity contribution in [3.05, 3.63) is 0 Å². The zero-order chi connectivity index (χ0) is 12.1. The van der Waals surface area contributed by atoms with Crippen LogP contribution in [0, 0.1) is 11.8 Å². The molecule has 0 radical (unpaired) electrons. The first kappa shape index (κ1) is 13.5. The first-order valence-electron chi connectivity index (χ1n) is 6.60. The van der Waals surface area contributed by atoms with Crippen molar-refractivity contribution >= 4 is 5.91 Å². The van der Waals surface area contributed by atoms with Gasteiger partial charge in [0.15, 0.2) is 0 Å². The summed E-state index contributed by atoms with van der Waals surface area (Å²) in [5, 5.41) is 0. The number of nitrogens with zero attached hydrogens (tertiary/aromatic N) is 1. The molecule has 1 atom stereocenters. The third-order valence-corrected chi connectivity index (χ3v) is 3.33. The molecule has 0 saturated heterocycles. The summed E-state index contributed by atoms with van der Waals surface area (Å²) in [6.45, 7) is 7.73. The number of amides is 1. The quantitative estimate of drug-likeness (QED) is 0.722. The summed E-state index contributed by atoms with van der Waals surface area (Å²) in [7, 11) is 0. The van der Waals surface area contributed by atoms with E-state index >= 15 is 0 Å². The lowest BCUT2D eigenvalue weighted by Crippen LogP contribution is -2.44. The van der Waals surface area contributed by atoms with Gasteiger partial charge < -0.3 is 10.6 Å². The average Bonchev–Trinajstić information content (AvgIpc) is 3.05. The van der Waals surface area contributed by atoms with Crippen LogP contribution in [0.4, 0.5) is 0 Å². The summed E-state index contributed by atoms with van der Waals surface area (Å²) in [6.07, 6.45) is 4.53. The van der Waals surface area contributed by atoms with Gasteiger partial charge >= 0.3 is 0 Å². The maximum Gasteiger partial charge on any atom is 0.227 e. The molecule has 0 heterocycles. The molecular weight excluding hydrogens is 200 g/mol. The Bertz CT molecular complexity index is 224. The van der Waals surface area contributed by atoms with Crippen molar-refractivity contribution in [2.75, 3.05) is 13.1 Å². The van der Waals surface area contributed by atoms with E-state index in [-0.39, 0.29) is 11.8 Å². The minimum atomic E-state index is 0.0335. The standard InChI is InChI=1S/C13H26N2O/c1-4-5-12(8-14)13(16)15(10(2)3)9-11-6-7-11/h10-12H,4-9,14H2,1-3H3. The number of hydrogen-bond donors (Lipinski definition) is 1. The van der Waals surface area contributed by atoms with Crippen molar-refractivity contribution in [3.63, 3.8) is 0 Å². The highest BCUT2D eigenvalue weighted by Crippen LogP contribution is 2.31. The predicted octanol–water partition coefficient (Wildman–Crippen LogP) is 2.01. The number of carbonyl (C=O) groups is 1. The molecule has 1 fully saturated rings. The zero-order valence-electron chi connectivity index (χ0n) is 10.9. The Balaban J connectivity index is 2.56. The van der Waals surface area contributed by atoms with E-state index in [9.17, 15) is 4.79 Å². The molecule has 3 heteroatoms. The maximum absolute atomic E-state index is 12.3. The Labute approximate surface area is 99.4 Å². The highest BCUT2D eigenvalue weighted by Gasteiger charge is 2.30. The van der Waals surface area contributed by atoms with Crippen LogP contribution in [-0.2, 0) is 4.79 Å². The van der Waals surface area contributed by atoms with Crippen LogP contribution < -0.4 is 5.73 Å². The molecule has 1 aliphatic carbocycles. The fraction of sp³-hybridized carbons (Fsp3) is 0.923. The van der Waals surface area contributed by atoms with Crippen LogP contribution in [-0.4, -0.2) is 29.9 Å². The van der Waals surface area contributed by atoms with Crippen molar-refractivity contribution in [2.45, 2.75) is 52.5 Å². The topological polar surface area (TPSA) is 46.3 Å². The Morgan fingerprint density at radius 2 is 2.06 bits per heavy atom. The highest BCUT2D eigenvalue weighted by molar-refractivity contribution is 5.79. The van der Waals surface area contributed by atoms with E-state index in [1.807, 2.05) is 4.90 Å². The molecule has 0 spiro atoms. The fourth-order valence-electron chi connectivity index (χ4n) is 2.06. The smallest absolute Gasteiger partial charge is 0.227 e. The Hall–Kier alpha value is -0.570. The van der Waals surface area contributed by atoms with Gasteiger partial charge in [0.1, 0.15) is 0 Å². The number of hydrogen-bond acceptors (Lipinski definition) is 2. The van der Waals surface area contributed by atoms with Gasteiger partial charge in [0, 0.05) is 19.1 Å². The molecule has 2 N–H and O–H groups in total. The van der Waals surface area contributed by atoms with Crippen molar-refractivity contribution in [2.24, 2.45) is 17.6 Å². The van der Waals surface area contributed by atoms with Crippen molar-refractivity contribution in [1.29, 1.82) is 0 Å². The predicted molar refractivity (Wildman–Crippen MR) is 67.0 cm³/mol. The van der Waals surface area contributed by atoms with Gasteiger partial charge in [0.2, 0.25) is 5.91 Å². The first-order chi connectivity index (χ1) is 7.60. The molecule has 0 aromatic carbocycles. The molecule has 1 unspecified atom stereocenters. The van der Waals surface area contributed by atoms with Gasteiger partial charge in [-0.3, -0.25) is 4.79 Å². The molecule has 0 aromatic rings. The van der Waals surface area contributed by atoms with Crippen LogP contribution in [0.15, 0.2) is 0 Å². The molecule has 1 rings (SSSR count). The zero-order valence-corrected chi connectivity index (χ0v) is 10.9. The van der Waals surface area contributed by atoms with Gasteiger partial charge in [0.25, 0.3) is 0 Å². The number of carbonyl (C=O) groups excluding carboxylic acids is 1. The maximum atomic E-state index is 12.3.